The molecule has 1 unspecified atom stereocenters. The number of benzene rings is 2. The molecule has 73 heavy (non-hydrogen) atoms. The summed E-state index contributed by atoms with van der Waals surface area (Å²) in [4.78, 5) is 150. The zero-order valence-corrected chi connectivity index (χ0v) is 43.3. The van der Waals surface area contributed by atoms with Gasteiger partial charge >= 0.3 is 0 Å². The Kier molecular flexibility index (Phi) is 25.7. The van der Waals surface area contributed by atoms with Crippen LogP contribution in [0.25, 0.3) is 0 Å². The fourth-order valence-electron chi connectivity index (χ4n) is 7.51. The van der Waals surface area contributed by atoms with Gasteiger partial charge in [0.05, 0.1) is 37.6 Å². The van der Waals surface area contributed by atoms with E-state index in [2.05, 4.69) is 37.5 Å². The zero-order valence-electron chi connectivity index (χ0n) is 41.7. The van der Waals surface area contributed by atoms with Crippen LogP contribution in [0.5, 0.6) is 5.75 Å². The van der Waals surface area contributed by atoms with Crippen LogP contribution in [0, 0.1) is 18.8 Å². The highest BCUT2D eigenvalue weighted by atomic mass is 33.1. The lowest BCUT2D eigenvalue weighted by Gasteiger charge is -2.30. The van der Waals surface area contributed by atoms with Crippen molar-refractivity contribution in [3.63, 3.8) is 0 Å². The van der Waals surface area contributed by atoms with E-state index in [4.69, 9.17) is 17.3 Å². The predicted molar refractivity (Wildman–Crippen MR) is 273 cm³/mol. The highest BCUT2D eigenvalue weighted by Crippen LogP contribution is 2.25. The molecule has 1 heterocycles. The second kappa shape index (κ2) is 30.7. The number of phenols is 1. The molecule has 0 bridgehead atoms. The molecule has 1 fully saturated rings. The number of amides is 7. The van der Waals surface area contributed by atoms with Crippen LogP contribution in [0.15, 0.2) is 48.5 Å². The van der Waals surface area contributed by atoms with Gasteiger partial charge in [-0.1, -0.05) is 97.7 Å². The second-order valence-electron chi connectivity index (χ2n) is 18.2. The van der Waals surface area contributed by atoms with Crippen LogP contribution in [0.2, 0.25) is 0 Å². The minimum Gasteiger partial charge on any atom is -0.508 e. The average molecular weight is 1060 g/mol. The summed E-state index contributed by atoms with van der Waals surface area (Å²) >= 11 is 0. The van der Waals surface area contributed by atoms with Crippen molar-refractivity contribution < 1.29 is 57.8 Å². The fourth-order valence-corrected chi connectivity index (χ4v) is 9.65. The number of hydrogen-bond acceptors (Lipinski definition) is 18. The molecule has 0 saturated carbocycles. The number of phenolic OH excluding ortho intramolecular Hbond substituents is 1. The summed E-state index contributed by atoms with van der Waals surface area (Å²) in [5, 5.41) is 20.2. The lowest BCUT2D eigenvalue weighted by Crippen LogP contribution is -2.61. The van der Waals surface area contributed by atoms with Gasteiger partial charge in [-0.3, -0.25) is 64.0 Å². The van der Waals surface area contributed by atoms with Crippen LogP contribution in [0.4, 0.5) is 0 Å². The Balaban J connectivity index is 2.12. The first kappa shape index (κ1) is 61.1. The lowest BCUT2D eigenvalue weighted by atomic mass is 9.90. The molecule has 25 heteroatoms. The van der Waals surface area contributed by atoms with E-state index >= 15 is 0 Å². The number of ketones is 4. The van der Waals surface area contributed by atoms with Gasteiger partial charge in [0.15, 0.2) is 0 Å². The molecule has 0 radical (unpaired) electrons. The minimum atomic E-state index is -1.74. The summed E-state index contributed by atoms with van der Waals surface area (Å²) in [7, 11) is 2.16. The predicted octanol–water partition coefficient (Wildman–Crippen LogP) is -1.20. The van der Waals surface area contributed by atoms with Gasteiger partial charge in [-0.05, 0) is 54.9 Å². The molecule has 1 aliphatic rings. The standard InChI is InChI=1S/C48H69N11O12S2/c1-6-28(5)42-45(68)44(67)34(20-29-10-12-31(60)13-11-29)53-40(64)16-17-72-73-25-36(56-47(70)35(21-39(50)63)55-46(69)32(57-58-42)14-15-38(49)62)48(71)59(23-30-9-7-8-27(4)19-30)24-41(65)54-33(18-26(2)3)43(66)37(61)22-52-51/h7-13,19,26,28,32-36,42,52,57-58,60H,6,14-18,20-25,51H2,1-5H3,(H2,49,62)(H2,50,63)(H,53,64)(H,54,65)(H,55,69)(H,56,70)/t28-,32-,33-,34-,35-,36-,42?/m0/s1. The van der Waals surface area contributed by atoms with Crippen molar-refractivity contribution in [2.75, 3.05) is 24.6 Å². The molecule has 0 aromatic heterocycles. The molecule has 400 valence electrons. The fraction of sp³-hybridized carbons (Fsp3) is 0.521. The number of hydrazine groups is 2. The number of nitrogens with zero attached hydrogens (tertiary/aromatic N) is 1. The van der Waals surface area contributed by atoms with Crippen LogP contribution in [-0.4, -0.2) is 135 Å². The molecule has 2 aromatic rings. The van der Waals surface area contributed by atoms with E-state index in [1.807, 2.05) is 13.0 Å². The third kappa shape index (κ3) is 21.0. The monoisotopic (exact) mass is 1060 g/mol. The number of nitrogens with one attached hydrogen (secondary N) is 7. The quantitative estimate of drug-likeness (QED) is 0.0303. The SMILES string of the molecule is CC[C@H](C)C1NN[C@@H](CCC(N)=O)C(=O)N[C@@H](CC(N)=O)C(=O)N[C@H](C(=O)N(CC(=O)N[C@@H](CC(C)C)C(=O)C(=O)CNN)Cc2cccc(C)c2)CSSCCC(=O)N[C@@H](Cc2ccc(O)cc2)C(=O)C1=O. The van der Waals surface area contributed by atoms with E-state index in [-0.39, 0.29) is 61.8 Å². The van der Waals surface area contributed by atoms with E-state index in [0.717, 1.165) is 32.1 Å². The Bertz CT molecular complexity index is 2300. The van der Waals surface area contributed by atoms with E-state index in [1.165, 1.54) is 24.3 Å². The van der Waals surface area contributed by atoms with Crippen LogP contribution < -0.4 is 54.9 Å². The molecule has 7 amide bonds. The number of rotatable bonds is 21. The van der Waals surface area contributed by atoms with E-state index in [9.17, 15) is 57.8 Å². The van der Waals surface area contributed by atoms with Gasteiger partial charge in [-0.15, -0.1) is 0 Å². The summed E-state index contributed by atoms with van der Waals surface area (Å²) in [5.74, 6) is -5.48. The van der Waals surface area contributed by atoms with Crippen LogP contribution in [0.1, 0.15) is 82.9 Å². The summed E-state index contributed by atoms with van der Waals surface area (Å²) in [6.07, 6.45) is -1.38. The van der Waals surface area contributed by atoms with Crippen molar-refractivity contribution in [3.8, 4) is 5.75 Å². The van der Waals surface area contributed by atoms with Gasteiger partial charge in [0.25, 0.3) is 0 Å². The summed E-state index contributed by atoms with van der Waals surface area (Å²) in [5.41, 5.74) is 20.5. The maximum atomic E-state index is 14.9. The zero-order chi connectivity index (χ0) is 54.4. The largest absolute Gasteiger partial charge is 0.508 e. The number of carbonyl (C=O) groups is 11. The Labute approximate surface area is 431 Å². The third-order valence-electron chi connectivity index (χ3n) is 11.6. The lowest BCUT2D eigenvalue weighted by molar-refractivity contribution is -0.141. The van der Waals surface area contributed by atoms with Crippen molar-refractivity contribution in [3.05, 3.63) is 65.2 Å². The molecule has 1 saturated heterocycles. The molecule has 23 nitrogen and oxygen atoms in total. The first-order valence-corrected chi connectivity index (χ1v) is 26.2. The summed E-state index contributed by atoms with van der Waals surface area (Å²) in [6, 6.07) is 4.21. The van der Waals surface area contributed by atoms with E-state index in [0.29, 0.717) is 17.5 Å². The molecule has 1 aliphatic heterocycles. The second-order valence-corrected chi connectivity index (χ2v) is 20.8. The highest BCUT2D eigenvalue weighted by Gasteiger charge is 2.38. The van der Waals surface area contributed by atoms with E-state index < -0.39 is 126 Å². The molecular weight excluding hydrogens is 987 g/mol. The molecular formula is C48H69N11O12S2. The number of hydrogen-bond donors (Lipinski definition) is 11. The molecule has 0 spiro atoms. The van der Waals surface area contributed by atoms with Crippen LogP contribution in [-0.2, 0) is 65.7 Å². The van der Waals surface area contributed by atoms with Crippen molar-refractivity contribution in [2.24, 2.45) is 29.1 Å². The molecule has 14 N–H and O–H groups in total. The number of aromatic hydroxyl groups is 1. The number of carbonyl (C=O) groups excluding carboxylic acids is 11. The Morgan fingerprint density at radius 3 is 2.14 bits per heavy atom. The third-order valence-corrected chi connectivity index (χ3v) is 14.0. The van der Waals surface area contributed by atoms with Crippen LogP contribution in [0.3, 0.4) is 0 Å². The first-order chi connectivity index (χ1) is 34.5. The van der Waals surface area contributed by atoms with Crippen LogP contribution >= 0.6 is 21.6 Å². The molecule has 0 aliphatic carbocycles. The number of nitrogens with two attached hydrogens (primary N) is 3. The van der Waals surface area contributed by atoms with Gasteiger partial charge in [-0.25, -0.2) is 10.9 Å². The van der Waals surface area contributed by atoms with Gasteiger partial charge in [0, 0.05) is 37.3 Å². The van der Waals surface area contributed by atoms with Gasteiger partial charge in [-0.2, -0.15) is 0 Å². The summed E-state index contributed by atoms with van der Waals surface area (Å²) < 4.78 is 0. The van der Waals surface area contributed by atoms with Gasteiger partial charge < -0.3 is 42.7 Å². The smallest absolute Gasteiger partial charge is 0.246 e. The number of aryl methyl sites for hydroxylation is 1. The van der Waals surface area contributed by atoms with Crippen molar-refractivity contribution in [1.29, 1.82) is 0 Å². The Morgan fingerprint density at radius 2 is 1.52 bits per heavy atom. The topological polar surface area (TPSA) is 374 Å². The maximum absolute atomic E-state index is 14.9. The number of primary amides is 2. The average Bonchev–Trinajstić information content (AvgIpc) is 3.32. The van der Waals surface area contributed by atoms with Crippen molar-refractivity contribution in [1.82, 2.24) is 42.4 Å². The minimum absolute atomic E-state index is 0.0496. The normalized spacial score (nSPS) is 20.6. The Hall–Kier alpha value is -6.25. The molecule has 2 aromatic carbocycles. The van der Waals surface area contributed by atoms with E-state index in [1.54, 1.807) is 45.9 Å². The molecule has 3 rings (SSSR count). The number of Topliss-reactive ketones (excluding diaryl/α,β-unsaturated/α-hetero) is 4. The summed E-state index contributed by atoms with van der Waals surface area (Å²) in [6.45, 7) is 7.45. The highest BCUT2D eigenvalue weighted by molar-refractivity contribution is 8.76. The maximum Gasteiger partial charge on any atom is 0.246 e. The van der Waals surface area contributed by atoms with Crippen molar-refractivity contribution in [2.45, 2.75) is 122 Å². The first-order valence-electron chi connectivity index (χ1n) is 23.8. The van der Waals surface area contributed by atoms with Crippen molar-refractivity contribution >= 4 is 86.1 Å². The Morgan fingerprint density at radius 1 is 0.836 bits per heavy atom. The molecule has 7 atom stereocenters. The van der Waals surface area contributed by atoms with Gasteiger partial charge in [0.2, 0.25) is 64.5 Å². The van der Waals surface area contributed by atoms with Gasteiger partial charge in [0.1, 0.15) is 23.9 Å².